The number of nitrogens with zero attached hydrogens (tertiary/aromatic N) is 3. The van der Waals surface area contributed by atoms with Gasteiger partial charge in [-0.15, -0.1) is 21.5 Å². The van der Waals surface area contributed by atoms with Crippen molar-refractivity contribution in [3.63, 3.8) is 0 Å². The molecule has 154 valence electrons. The summed E-state index contributed by atoms with van der Waals surface area (Å²) in [5, 5.41) is 15.2. The van der Waals surface area contributed by atoms with E-state index in [9.17, 15) is 4.79 Å². The number of carbonyl (C=O) groups is 1. The Hall–Kier alpha value is -1.34. The largest absolute Gasteiger partial charge is 0.353 e. The molecule has 2 heterocycles. The molecular formula is C21H32N4OS2. The number of hydrogen-bond acceptors (Lipinski definition) is 5. The van der Waals surface area contributed by atoms with E-state index in [0.29, 0.717) is 11.8 Å². The van der Waals surface area contributed by atoms with E-state index in [1.54, 1.807) is 11.3 Å². The van der Waals surface area contributed by atoms with Crippen LogP contribution < -0.4 is 5.32 Å². The van der Waals surface area contributed by atoms with Crippen molar-refractivity contribution in [2.75, 3.05) is 5.75 Å². The third-order valence-electron chi connectivity index (χ3n) is 5.41. The van der Waals surface area contributed by atoms with Crippen molar-refractivity contribution in [1.82, 2.24) is 20.1 Å². The summed E-state index contributed by atoms with van der Waals surface area (Å²) in [7, 11) is 0. The fourth-order valence-electron chi connectivity index (χ4n) is 3.95. The first-order valence-corrected chi connectivity index (χ1v) is 12.4. The van der Waals surface area contributed by atoms with Gasteiger partial charge >= 0.3 is 0 Å². The lowest BCUT2D eigenvalue weighted by Gasteiger charge is -2.16. The van der Waals surface area contributed by atoms with Crippen molar-refractivity contribution < 1.29 is 4.79 Å². The van der Waals surface area contributed by atoms with Crippen LogP contribution in [0.3, 0.4) is 0 Å². The Morgan fingerprint density at radius 3 is 2.68 bits per heavy atom. The van der Waals surface area contributed by atoms with Gasteiger partial charge in [0.2, 0.25) is 5.91 Å². The van der Waals surface area contributed by atoms with Crippen molar-refractivity contribution in [3.8, 4) is 11.4 Å². The molecule has 0 saturated heterocycles. The molecule has 1 aliphatic carbocycles. The molecule has 5 nitrogen and oxygen atoms in total. The van der Waals surface area contributed by atoms with Crippen LogP contribution in [0.1, 0.15) is 69.2 Å². The van der Waals surface area contributed by atoms with Gasteiger partial charge in [0, 0.05) is 28.4 Å². The Morgan fingerprint density at radius 2 is 2.00 bits per heavy atom. The molecule has 1 N–H and O–H groups in total. The molecule has 7 heteroatoms. The molecule has 0 bridgehead atoms. The third kappa shape index (κ3) is 5.17. The van der Waals surface area contributed by atoms with Crippen LogP contribution in [-0.4, -0.2) is 32.5 Å². The van der Waals surface area contributed by atoms with Gasteiger partial charge in [-0.25, -0.2) is 0 Å². The van der Waals surface area contributed by atoms with E-state index < -0.39 is 0 Å². The molecule has 1 fully saturated rings. The minimum Gasteiger partial charge on any atom is -0.353 e. The molecule has 3 rings (SSSR count). The second kappa shape index (κ2) is 10.4. The summed E-state index contributed by atoms with van der Waals surface area (Å²) < 4.78 is 2.18. The van der Waals surface area contributed by atoms with Crippen LogP contribution >= 0.6 is 23.1 Å². The van der Waals surface area contributed by atoms with Gasteiger partial charge in [-0.2, -0.15) is 0 Å². The molecule has 28 heavy (non-hydrogen) atoms. The Morgan fingerprint density at radius 1 is 1.25 bits per heavy atom. The predicted molar refractivity (Wildman–Crippen MR) is 118 cm³/mol. The lowest BCUT2D eigenvalue weighted by molar-refractivity contribution is -0.119. The number of carbonyl (C=O) groups excluding carboxylic acids is 1. The highest BCUT2D eigenvalue weighted by Gasteiger charge is 2.20. The van der Waals surface area contributed by atoms with Gasteiger partial charge in [0.05, 0.1) is 5.75 Å². The van der Waals surface area contributed by atoms with Gasteiger partial charge in [-0.3, -0.25) is 4.79 Å². The molecule has 0 aliphatic heterocycles. The zero-order valence-corrected chi connectivity index (χ0v) is 18.9. The summed E-state index contributed by atoms with van der Waals surface area (Å²) in [6.07, 6.45) is 9.29. The number of thiophene rings is 1. The van der Waals surface area contributed by atoms with E-state index in [1.165, 1.54) is 53.4 Å². The van der Waals surface area contributed by atoms with Crippen molar-refractivity contribution in [1.29, 1.82) is 0 Å². The maximum Gasteiger partial charge on any atom is 0.230 e. The number of rotatable bonds is 8. The van der Waals surface area contributed by atoms with Gasteiger partial charge in [-0.1, -0.05) is 51.3 Å². The SMILES string of the molecule is CCCn1c(SCC(=O)NC2CCCCCC2)nnc1-c1csc(C)c1CC. The molecule has 1 aliphatic rings. The normalized spacial score (nSPS) is 15.5. The van der Waals surface area contributed by atoms with Gasteiger partial charge in [0.25, 0.3) is 0 Å². The van der Waals surface area contributed by atoms with Gasteiger partial charge in [0.15, 0.2) is 11.0 Å². The van der Waals surface area contributed by atoms with Crippen LogP contribution in [0.4, 0.5) is 0 Å². The number of aryl methyl sites for hydroxylation is 1. The van der Waals surface area contributed by atoms with Crippen molar-refractivity contribution in [2.45, 2.75) is 89.9 Å². The summed E-state index contributed by atoms with van der Waals surface area (Å²) in [5.74, 6) is 1.46. The summed E-state index contributed by atoms with van der Waals surface area (Å²) in [6.45, 7) is 7.39. The molecule has 0 spiro atoms. The quantitative estimate of drug-likeness (QED) is 0.470. The first kappa shape index (κ1) is 21.4. The highest BCUT2D eigenvalue weighted by molar-refractivity contribution is 7.99. The highest BCUT2D eigenvalue weighted by atomic mass is 32.2. The average molecular weight is 421 g/mol. The Kier molecular flexibility index (Phi) is 7.97. The molecule has 2 aromatic heterocycles. The molecular weight excluding hydrogens is 388 g/mol. The van der Waals surface area contributed by atoms with E-state index in [4.69, 9.17) is 0 Å². The van der Waals surface area contributed by atoms with Crippen molar-refractivity contribution >= 4 is 29.0 Å². The monoisotopic (exact) mass is 420 g/mol. The van der Waals surface area contributed by atoms with Crippen molar-refractivity contribution in [2.24, 2.45) is 0 Å². The van der Waals surface area contributed by atoms with E-state index in [0.717, 1.165) is 43.2 Å². The fraction of sp³-hybridized carbons (Fsp3) is 0.667. The molecule has 1 saturated carbocycles. The van der Waals surface area contributed by atoms with E-state index >= 15 is 0 Å². The summed E-state index contributed by atoms with van der Waals surface area (Å²) in [6, 6.07) is 0.348. The highest BCUT2D eigenvalue weighted by Crippen LogP contribution is 2.32. The zero-order valence-electron chi connectivity index (χ0n) is 17.3. The number of amides is 1. The molecule has 0 radical (unpaired) electrons. The van der Waals surface area contributed by atoms with Crippen LogP contribution in [0.15, 0.2) is 10.5 Å². The summed E-state index contributed by atoms with van der Waals surface area (Å²) in [4.78, 5) is 13.8. The van der Waals surface area contributed by atoms with Gasteiger partial charge in [-0.05, 0) is 38.2 Å². The second-order valence-corrected chi connectivity index (χ2v) is 9.57. The van der Waals surface area contributed by atoms with Crippen molar-refractivity contribution in [3.05, 3.63) is 15.8 Å². The minimum atomic E-state index is 0.116. The molecule has 2 aromatic rings. The standard InChI is InChI=1S/C21H32N4OS2/c1-4-12-25-20(18-13-27-15(3)17(18)5-2)23-24-21(25)28-14-19(26)22-16-10-8-6-7-9-11-16/h13,16H,4-12,14H2,1-3H3,(H,22,26). The second-order valence-electron chi connectivity index (χ2n) is 7.54. The lowest BCUT2D eigenvalue weighted by atomic mass is 10.1. The fourth-order valence-corrected chi connectivity index (χ4v) is 5.66. The first-order chi connectivity index (χ1) is 13.6. The smallest absolute Gasteiger partial charge is 0.230 e. The molecule has 1 amide bonds. The van der Waals surface area contributed by atoms with Crippen LogP contribution in [-0.2, 0) is 17.8 Å². The predicted octanol–water partition coefficient (Wildman–Crippen LogP) is 5.22. The minimum absolute atomic E-state index is 0.116. The van der Waals surface area contributed by atoms with Crippen LogP contribution in [0.5, 0.6) is 0 Å². The zero-order chi connectivity index (χ0) is 19.9. The maximum absolute atomic E-state index is 12.5. The van der Waals surface area contributed by atoms with Crippen LogP contribution in [0.2, 0.25) is 0 Å². The van der Waals surface area contributed by atoms with E-state index in [1.807, 2.05) is 0 Å². The van der Waals surface area contributed by atoms with E-state index in [-0.39, 0.29) is 5.91 Å². The molecule has 0 aromatic carbocycles. The molecule has 0 unspecified atom stereocenters. The molecule has 0 atom stereocenters. The number of hydrogen-bond donors (Lipinski definition) is 1. The Labute approximate surface area is 176 Å². The first-order valence-electron chi connectivity index (χ1n) is 10.6. The Bertz CT molecular complexity index is 775. The summed E-state index contributed by atoms with van der Waals surface area (Å²) >= 11 is 3.28. The van der Waals surface area contributed by atoms with Crippen LogP contribution in [0, 0.1) is 6.92 Å². The lowest BCUT2D eigenvalue weighted by Crippen LogP contribution is -2.35. The summed E-state index contributed by atoms with van der Waals surface area (Å²) in [5.41, 5.74) is 2.55. The van der Waals surface area contributed by atoms with Gasteiger partial charge in [0.1, 0.15) is 0 Å². The van der Waals surface area contributed by atoms with E-state index in [2.05, 4.69) is 46.2 Å². The topological polar surface area (TPSA) is 59.8 Å². The number of nitrogens with one attached hydrogen (secondary N) is 1. The Balaban J connectivity index is 1.68. The van der Waals surface area contributed by atoms with Crippen LogP contribution in [0.25, 0.3) is 11.4 Å². The third-order valence-corrected chi connectivity index (χ3v) is 7.34. The number of aromatic nitrogens is 3. The van der Waals surface area contributed by atoms with Gasteiger partial charge < -0.3 is 9.88 Å². The maximum atomic E-state index is 12.5. The number of thioether (sulfide) groups is 1. The average Bonchev–Trinajstić information content (AvgIpc) is 3.14.